The Hall–Kier alpha value is -1.63. The fourth-order valence-electron chi connectivity index (χ4n) is 0.914. The van der Waals surface area contributed by atoms with Crippen molar-refractivity contribution in [2.45, 2.75) is 31.8 Å². The zero-order valence-corrected chi connectivity index (χ0v) is 9.23. The van der Waals surface area contributed by atoms with Crippen molar-refractivity contribution in [1.82, 2.24) is 5.32 Å². The van der Waals surface area contributed by atoms with Crippen molar-refractivity contribution in [3.05, 3.63) is 0 Å². The monoisotopic (exact) mass is 232 g/mol. The second kappa shape index (κ2) is 6.78. The first kappa shape index (κ1) is 14.4. The molecule has 1 unspecified atom stereocenters. The average Bonchev–Trinajstić information content (AvgIpc) is 2.26. The molecule has 7 heteroatoms. The summed E-state index contributed by atoms with van der Waals surface area (Å²) in [6, 6.07) is -2.09. The first-order valence-corrected chi connectivity index (χ1v) is 4.77. The number of carbonyl (C=O) groups excluding carboxylic acids is 2. The molecule has 2 atom stereocenters. The van der Waals surface area contributed by atoms with Gasteiger partial charge < -0.3 is 20.9 Å². The van der Waals surface area contributed by atoms with Gasteiger partial charge in [-0.15, -0.1) is 0 Å². The van der Waals surface area contributed by atoms with Crippen LogP contribution < -0.4 is 11.1 Å². The van der Waals surface area contributed by atoms with E-state index in [-0.39, 0.29) is 0 Å². The summed E-state index contributed by atoms with van der Waals surface area (Å²) in [5.41, 5.74) is 5.41. The van der Waals surface area contributed by atoms with Crippen LogP contribution in [0.4, 0.5) is 0 Å². The van der Waals surface area contributed by atoms with E-state index in [1.807, 2.05) is 0 Å². The summed E-state index contributed by atoms with van der Waals surface area (Å²) in [6.07, 6.45) is -0.0373. The Morgan fingerprint density at radius 3 is 2.38 bits per heavy atom. The third-order valence-corrected chi connectivity index (χ3v) is 1.99. The van der Waals surface area contributed by atoms with Crippen molar-refractivity contribution in [1.29, 1.82) is 0 Å². The fourth-order valence-corrected chi connectivity index (χ4v) is 0.914. The Morgan fingerprint density at radius 2 is 2.00 bits per heavy atom. The summed E-state index contributed by atoms with van der Waals surface area (Å²) < 4.78 is 4.31. The van der Waals surface area contributed by atoms with Gasteiger partial charge in [-0.25, -0.2) is 4.79 Å². The third kappa shape index (κ3) is 4.74. The molecule has 92 valence electrons. The number of hydrogen-bond donors (Lipinski definition) is 3. The summed E-state index contributed by atoms with van der Waals surface area (Å²) in [7, 11) is 1.14. The van der Waals surface area contributed by atoms with Crippen LogP contribution in [-0.4, -0.2) is 42.1 Å². The van der Waals surface area contributed by atoms with Gasteiger partial charge in [-0.05, 0) is 6.42 Å². The quantitative estimate of drug-likeness (QED) is 0.498. The molecule has 0 saturated heterocycles. The van der Waals surface area contributed by atoms with E-state index in [4.69, 9.17) is 10.8 Å². The topological polar surface area (TPSA) is 119 Å². The molecule has 1 amide bonds. The second-order valence-corrected chi connectivity index (χ2v) is 3.19. The van der Waals surface area contributed by atoms with Gasteiger partial charge in [0.2, 0.25) is 5.91 Å². The molecule has 0 aromatic heterocycles. The van der Waals surface area contributed by atoms with Gasteiger partial charge in [0.25, 0.3) is 0 Å². The highest BCUT2D eigenvalue weighted by Crippen LogP contribution is 1.97. The van der Waals surface area contributed by atoms with Crippen LogP contribution in [0.3, 0.4) is 0 Å². The number of ether oxygens (including phenoxy) is 1. The predicted octanol–water partition coefficient (Wildman–Crippen LogP) is -1.14. The minimum absolute atomic E-state index is 0.385. The number of carboxylic acid groups (broad SMARTS) is 1. The molecule has 16 heavy (non-hydrogen) atoms. The van der Waals surface area contributed by atoms with Gasteiger partial charge >= 0.3 is 11.9 Å². The van der Waals surface area contributed by atoms with E-state index in [0.29, 0.717) is 6.42 Å². The molecular formula is C9H16N2O5. The van der Waals surface area contributed by atoms with E-state index < -0.39 is 36.4 Å². The molecule has 0 aliphatic carbocycles. The predicted molar refractivity (Wildman–Crippen MR) is 54.5 cm³/mol. The van der Waals surface area contributed by atoms with E-state index in [0.717, 1.165) is 7.11 Å². The normalized spacial score (nSPS) is 13.7. The highest BCUT2D eigenvalue weighted by molar-refractivity contribution is 5.89. The van der Waals surface area contributed by atoms with E-state index in [9.17, 15) is 14.4 Å². The molecule has 0 aliphatic heterocycles. The number of hydrogen-bond acceptors (Lipinski definition) is 5. The van der Waals surface area contributed by atoms with E-state index >= 15 is 0 Å². The number of amides is 1. The summed E-state index contributed by atoms with van der Waals surface area (Å²) in [5.74, 6) is -2.61. The number of carbonyl (C=O) groups is 3. The van der Waals surface area contributed by atoms with Gasteiger partial charge in [-0.2, -0.15) is 0 Å². The zero-order valence-electron chi connectivity index (χ0n) is 9.23. The van der Waals surface area contributed by atoms with Gasteiger partial charge in [-0.3, -0.25) is 9.59 Å². The maximum absolute atomic E-state index is 11.3. The molecule has 4 N–H and O–H groups in total. The van der Waals surface area contributed by atoms with Crippen LogP contribution in [0.25, 0.3) is 0 Å². The SMILES string of the molecule is CCC(N)C(=O)N[C@@H](CC(=O)OC)C(=O)O. The molecule has 0 fully saturated rings. The van der Waals surface area contributed by atoms with Crippen molar-refractivity contribution >= 4 is 17.8 Å². The molecule has 0 aliphatic rings. The summed E-state index contributed by atoms with van der Waals surface area (Å²) in [5, 5.41) is 10.9. The number of methoxy groups -OCH3 is 1. The summed E-state index contributed by atoms with van der Waals surface area (Å²) in [4.78, 5) is 32.9. The van der Waals surface area contributed by atoms with Crippen molar-refractivity contribution in [2.75, 3.05) is 7.11 Å². The molecule has 0 saturated carbocycles. The fraction of sp³-hybridized carbons (Fsp3) is 0.667. The molecule has 0 rings (SSSR count). The number of nitrogens with one attached hydrogen (secondary N) is 1. The lowest BCUT2D eigenvalue weighted by molar-refractivity contribution is -0.148. The number of rotatable bonds is 6. The lowest BCUT2D eigenvalue weighted by Crippen LogP contribution is -2.49. The highest BCUT2D eigenvalue weighted by atomic mass is 16.5. The van der Waals surface area contributed by atoms with Crippen molar-refractivity contribution in [2.24, 2.45) is 5.73 Å². The molecule has 0 aromatic carbocycles. The van der Waals surface area contributed by atoms with Crippen LogP contribution in [-0.2, 0) is 19.1 Å². The van der Waals surface area contributed by atoms with Gasteiger partial charge in [-0.1, -0.05) is 6.92 Å². The maximum Gasteiger partial charge on any atom is 0.326 e. The largest absolute Gasteiger partial charge is 0.480 e. The van der Waals surface area contributed by atoms with Crippen LogP contribution in [0, 0.1) is 0 Å². The zero-order chi connectivity index (χ0) is 12.7. The third-order valence-electron chi connectivity index (χ3n) is 1.99. The lowest BCUT2D eigenvalue weighted by atomic mass is 10.1. The molecule has 7 nitrogen and oxygen atoms in total. The Kier molecular flexibility index (Phi) is 6.09. The van der Waals surface area contributed by atoms with Crippen molar-refractivity contribution in [3.63, 3.8) is 0 Å². The Bertz CT molecular complexity index is 279. The number of aliphatic carboxylic acids is 1. The smallest absolute Gasteiger partial charge is 0.326 e. The van der Waals surface area contributed by atoms with E-state index in [2.05, 4.69) is 10.1 Å². The minimum atomic E-state index is -1.31. The average molecular weight is 232 g/mol. The van der Waals surface area contributed by atoms with Gasteiger partial charge in [0, 0.05) is 0 Å². The highest BCUT2D eigenvalue weighted by Gasteiger charge is 2.25. The molecule has 0 bridgehead atoms. The number of carboxylic acids is 1. The van der Waals surface area contributed by atoms with Crippen molar-refractivity contribution < 1.29 is 24.2 Å². The van der Waals surface area contributed by atoms with Crippen LogP contribution >= 0.6 is 0 Å². The Labute approximate surface area is 92.9 Å². The number of esters is 1. The minimum Gasteiger partial charge on any atom is -0.480 e. The molecule has 0 radical (unpaired) electrons. The maximum atomic E-state index is 11.3. The Morgan fingerprint density at radius 1 is 1.44 bits per heavy atom. The first-order chi connectivity index (χ1) is 7.42. The second-order valence-electron chi connectivity index (χ2n) is 3.19. The summed E-state index contributed by atoms with van der Waals surface area (Å²) in [6.45, 7) is 1.69. The lowest BCUT2D eigenvalue weighted by Gasteiger charge is -2.15. The number of nitrogens with two attached hydrogens (primary N) is 1. The van der Waals surface area contributed by atoms with E-state index in [1.165, 1.54) is 0 Å². The van der Waals surface area contributed by atoms with Crippen LogP contribution in [0.1, 0.15) is 19.8 Å². The van der Waals surface area contributed by atoms with Gasteiger partial charge in [0.1, 0.15) is 6.04 Å². The molecule has 0 spiro atoms. The summed E-state index contributed by atoms with van der Waals surface area (Å²) >= 11 is 0. The van der Waals surface area contributed by atoms with Crippen molar-refractivity contribution in [3.8, 4) is 0 Å². The van der Waals surface area contributed by atoms with Crippen LogP contribution in [0.15, 0.2) is 0 Å². The van der Waals surface area contributed by atoms with Gasteiger partial charge in [0.05, 0.1) is 19.6 Å². The van der Waals surface area contributed by atoms with E-state index in [1.54, 1.807) is 6.92 Å². The van der Waals surface area contributed by atoms with Gasteiger partial charge in [0.15, 0.2) is 0 Å². The standard InChI is InChI=1S/C9H16N2O5/c1-3-5(10)8(13)11-6(9(14)15)4-7(12)16-2/h5-6H,3-4,10H2,1-2H3,(H,11,13)(H,14,15)/t5?,6-/m0/s1. The first-order valence-electron chi connectivity index (χ1n) is 4.77. The molecule has 0 aromatic rings. The van der Waals surface area contributed by atoms with Crippen LogP contribution in [0.2, 0.25) is 0 Å². The Balaban J connectivity index is 4.40. The molecular weight excluding hydrogens is 216 g/mol. The van der Waals surface area contributed by atoms with Crippen LogP contribution in [0.5, 0.6) is 0 Å². The molecule has 0 heterocycles.